The highest BCUT2D eigenvalue weighted by atomic mass is 16.2. The number of anilines is 1. The molecule has 1 aliphatic rings. The number of carbonyl (C=O) groups is 3. The van der Waals surface area contributed by atoms with E-state index in [-0.39, 0.29) is 23.9 Å². The van der Waals surface area contributed by atoms with E-state index in [1.165, 1.54) is 6.92 Å². The lowest BCUT2D eigenvalue weighted by molar-refractivity contribution is -0.128. The first-order valence-electron chi connectivity index (χ1n) is 11.1. The summed E-state index contributed by atoms with van der Waals surface area (Å²) in [5.74, 6) is -0.426. The Morgan fingerprint density at radius 3 is 2.41 bits per heavy atom. The van der Waals surface area contributed by atoms with Gasteiger partial charge in [-0.15, -0.1) is 0 Å². The molecule has 0 aliphatic carbocycles. The van der Waals surface area contributed by atoms with Gasteiger partial charge in [-0.25, -0.2) is 4.79 Å². The van der Waals surface area contributed by atoms with Gasteiger partial charge < -0.3 is 20.9 Å². The number of nitrogens with one attached hydrogen (secondary N) is 3. The van der Waals surface area contributed by atoms with Gasteiger partial charge in [0.05, 0.1) is 0 Å². The van der Waals surface area contributed by atoms with Crippen LogP contribution in [0.1, 0.15) is 36.5 Å². The SMILES string of the molecule is CC(=O)NC(Cc1cccc(C)c1)C(=O)NC1CCN(C(=O)Nc2ccccc2C)CC1. The highest BCUT2D eigenvalue weighted by Gasteiger charge is 2.27. The van der Waals surface area contributed by atoms with Crippen molar-refractivity contribution < 1.29 is 14.4 Å². The first-order chi connectivity index (χ1) is 15.3. The number of amides is 4. The van der Waals surface area contributed by atoms with Gasteiger partial charge in [-0.1, -0.05) is 48.0 Å². The Morgan fingerprint density at radius 2 is 1.75 bits per heavy atom. The van der Waals surface area contributed by atoms with Gasteiger partial charge >= 0.3 is 6.03 Å². The molecule has 1 saturated heterocycles. The Kier molecular flexibility index (Phi) is 7.87. The lowest BCUT2D eigenvalue weighted by atomic mass is 10.0. The van der Waals surface area contributed by atoms with Crippen molar-refractivity contribution in [1.29, 1.82) is 0 Å². The van der Waals surface area contributed by atoms with Gasteiger partial charge in [0.25, 0.3) is 0 Å². The number of aryl methyl sites for hydroxylation is 2. The molecule has 0 bridgehead atoms. The molecule has 32 heavy (non-hydrogen) atoms. The van der Waals surface area contributed by atoms with E-state index in [0.717, 1.165) is 22.4 Å². The average Bonchev–Trinajstić information content (AvgIpc) is 2.75. The number of piperidine rings is 1. The molecule has 0 saturated carbocycles. The number of rotatable bonds is 6. The van der Waals surface area contributed by atoms with E-state index >= 15 is 0 Å². The van der Waals surface area contributed by atoms with Crippen molar-refractivity contribution >= 4 is 23.5 Å². The Morgan fingerprint density at radius 1 is 1.03 bits per heavy atom. The summed E-state index contributed by atoms with van der Waals surface area (Å²) in [7, 11) is 0. The van der Waals surface area contributed by atoms with Crippen LogP contribution >= 0.6 is 0 Å². The number of carbonyl (C=O) groups excluding carboxylic acids is 3. The molecule has 3 rings (SSSR count). The molecule has 1 unspecified atom stereocenters. The van der Waals surface area contributed by atoms with Crippen LogP contribution in [0, 0.1) is 13.8 Å². The highest BCUT2D eigenvalue weighted by Crippen LogP contribution is 2.17. The number of hydrogen-bond acceptors (Lipinski definition) is 3. The van der Waals surface area contributed by atoms with E-state index in [1.807, 2.05) is 62.4 Å². The minimum atomic E-state index is -0.628. The second kappa shape index (κ2) is 10.8. The van der Waals surface area contributed by atoms with Crippen molar-refractivity contribution in [2.75, 3.05) is 18.4 Å². The van der Waals surface area contributed by atoms with Crippen molar-refractivity contribution in [3.8, 4) is 0 Å². The summed E-state index contributed by atoms with van der Waals surface area (Å²) in [6.45, 7) is 6.50. The molecule has 7 heteroatoms. The first kappa shape index (κ1) is 23.3. The molecule has 0 radical (unpaired) electrons. The molecular formula is C25H32N4O3. The number of hydrogen-bond donors (Lipinski definition) is 3. The van der Waals surface area contributed by atoms with Gasteiger partial charge in [-0.3, -0.25) is 9.59 Å². The van der Waals surface area contributed by atoms with Gasteiger partial charge in [-0.05, 0) is 43.9 Å². The molecule has 2 aromatic rings. The van der Waals surface area contributed by atoms with E-state index < -0.39 is 6.04 Å². The van der Waals surface area contributed by atoms with Crippen LogP contribution in [0.5, 0.6) is 0 Å². The van der Waals surface area contributed by atoms with Crippen molar-refractivity contribution in [2.45, 2.75) is 52.1 Å². The van der Waals surface area contributed by atoms with Gasteiger partial charge in [0, 0.05) is 38.2 Å². The van der Waals surface area contributed by atoms with Gasteiger partial charge in [-0.2, -0.15) is 0 Å². The van der Waals surface area contributed by atoms with Gasteiger partial charge in [0.2, 0.25) is 11.8 Å². The number of urea groups is 1. The fourth-order valence-electron chi connectivity index (χ4n) is 3.97. The third-order valence-corrected chi connectivity index (χ3v) is 5.73. The summed E-state index contributed by atoms with van der Waals surface area (Å²) in [5, 5.41) is 8.80. The lowest BCUT2D eigenvalue weighted by Gasteiger charge is -2.33. The van der Waals surface area contributed by atoms with Crippen LogP contribution < -0.4 is 16.0 Å². The zero-order chi connectivity index (χ0) is 23.1. The zero-order valence-corrected chi connectivity index (χ0v) is 19.0. The average molecular weight is 437 g/mol. The molecular weight excluding hydrogens is 404 g/mol. The van der Waals surface area contributed by atoms with E-state index in [2.05, 4.69) is 16.0 Å². The van der Waals surface area contributed by atoms with Crippen molar-refractivity contribution in [1.82, 2.24) is 15.5 Å². The molecule has 1 aliphatic heterocycles. The molecule has 4 amide bonds. The van der Waals surface area contributed by atoms with Crippen molar-refractivity contribution in [3.05, 3.63) is 65.2 Å². The van der Waals surface area contributed by atoms with Crippen LogP contribution in [0.3, 0.4) is 0 Å². The molecule has 7 nitrogen and oxygen atoms in total. The fourth-order valence-corrected chi connectivity index (χ4v) is 3.97. The molecule has 2 aromatic carbocycles. The normalized spacial score (nSPS) is 15.0. The molecule has 170 valence electrons. The second-order valence-corrected chi connectivity index (χ2v) is 8.46. The Hall–Kier alpha value is -3.35. The summed E-state index contributed by atoms with van der Waals surface area (Å²) in [6, 6.07) is 14.8. The third kappa shape index (κ3) is 6.57. The molecule has 0 spiro atoms. The van der Waals surface area contributed by atoms with Gasteiger partial charge in [0.1, 0.15) is 6.04 Å². The number of nitrogens with zero attached hydrogens (tertiary/aromatic N) is 1. The number of likely N-dealkylation sites (tertiary alicyclic amines) is 1. The molecule has 3 N–H and O–H groups in total. The van der Waals surface area contributed by atoms with Crippen LogP contribution in [0.4, 0.5) is 10.5 Å². The maximum Gasteiger partial charge on any atom is 0.321 e. The van der Waals surface area contributed by atoms with E-state index in [4.69, 9.17) is 0 Å². The molecule has 1 fully saturated rings. The summed E-state index contributed by atoms with van der Waals surface area (Å²) >= 11 is 0. The van der Waals surface area contributed by atoms with Crippen molar-refractivity contribution in [3.63, 3.8) is 0 Å². The second-order valence-electron chi connectivity index (χ2n) is 8.46. The van der Waals surface area contributed by atoms with Crippen LogP contribution in [0.15, 0.2) is 48.5 Å². The minimum absolute atomic E-state index is 0.0289. The van der Waals surface area contributed by atoms with E-state index in [9.17, 15) is 14.4 Å². The lowest BCUT2D eigenvalue weighted by Crippen LogP contribution is -2.53. The van der Waals surface area contributed by atoms with Gasteiger partial charge in [0.15, 0.2) is 0 Å². The maximum atomic E-state index is 12.9. The predicted octanol–water partition coefficient (Wildman–Crippen LogP) is 3.16. The number of benzene rings is 2. The monoisotopic (exact) mass is 436 g/mol. The van der Waals surface area contributed by atoms with Crippen LogP contribution in [0.25, 0.3) is 0 Å². The zero-order valence-electron chi connectivity index (χ0n) is 19.0. The maximum absolute atomic E-state index is 12.9. The van der Waals surface area contributed by atoms with Crippen LogP contribution in [-0.4, -0.2) is 47.9 Å². The highest BCUT2D eigenvalue weighted by molar-refractivity contribution is 5.90. The Balaban J connectivity index is 1.53. The quantitative estimate of drug-likeness (QED) is 0.650. The smallest absolute Gasteiger partial charge is 0.321 e. The summed E-state index contributed by atoms with van der Waals surface area (Å²) < 4.78 is 0. The standard InChI is InChI=1S/C25H32N4O3/c1-17-7-6-9-20(15-17)16-23(26-19(3)30)24(31)27-21-11-13-29(14-12-21)25(32)28-22-10-5-4-8-18(22)2/h4-10,15,21,23H,11-14,16H2,1-3H3,(H,26,30)(H,27,31)(H,28,32). The third-order valence-electron chi connectivity index (χ3n) is 5.73. The molecule has 1 atom stereocenters. The van der Waals surface area contributed by atoms with Crippen LogP contribution in [0.2, 0.25) is 0 Å². The number of para-hydroxylation sites is 1. The summed E-state index contributed by atoms with van der Waals surface area (Å²) in [6.07, 6.45) is 1.78. The Labute approximate surface area is 189 Å². The molecule has 1 heterocycles. The summed E-state index contributed by atoms with van der Waals surface area (Å²) in [5.41, 5.74) is 3.94. The van der Waals surface area contributed by atoms with Crippen molar-refractivity contribution in [2.24, 2.45) is 0 Å². The predicted molar refractivity (Wildman–Crippen MR) is 125 cm³/mol. The van der Waals surface area contributed by atoms with Crippen LogP contribution in [-0.2, 0) is 16.0 Å². The largest absolute Gasteiger partial charge is 0.351 e. The van der Waals surface area contributed by atoms with E-state index in [0.29, 0.717) is 32.4 Å². The van der Waals surface area contributed by atoms with E-state index in [1.54, 1.807) is 4.90 Å². The molecule has 0 aromatic heterocycles. The first-order valence-corrected chi connectivity index (χ1v) is 11.1. The fraction of sp³-hybridized carbons (Fsp3) is 0.400. The summed E-state index contributed by atoms with van der Waals surface area (Å²) in [4.78, 5) is 38.9. The topological polar surface area (TPSA) is 90.5 Å². The Bertz CT molecular complexity index is 967. The minimum Gasteiger partial charge on any atom is -0.351 e.